The van der Waals surface area contributed by atoms with Gasteiger partial charge in [-0.05, 0) is 56.4 Å². The summed E-state index contributed by atoms with van der Waals surface area (Å²) in [5.41, 5.74) is 7.51. The number of carbonyl (C=O) groups excluding carboxylic acids is 1. The summed E-state index contributed by atoms with van der Waals surface area (Å²) in [4.78, 5) is 21.6. The summed E-state index contributed by atoms with van der Waals surface area (Å²) < 4.78 is 14.9. The molecule has 1 amide bonds. The number of para-hydroxylation sites is 2. The standard InChI is InChI=1S/C37H35N7O4S/c1-23-33(22-49-37-41-42-43-44(37)2)47-36(48-34(23)27-12-10-24(21-45)11-13-27)28-16-14-26(15-17-28)29-7-5-6-25(18-29)19-39-35(46)32-20-38-30-8-3-4-9-31(30)40-32/h3-18,20,23,33-34,36,45H,19,21-22H2,1-2H3,(H,39,46)/t23-,33+,34+,36+/m1/s1. The number of aliphatic hydroxyl groups excluding tert-OH is 1. The van der Waals surface area contributed by atoms with E-state index in [1.54, 1.807) is 16.4 Å². The number of hydrogen-bond acceptors (Lipinski definition) is 10. The van der Waals surface area contributed by atoms with Crippen molar-refractivity contribution in [3.8, 4) is 11.1 Å². The van der Waals surface area contributed by atoms with Crippen LogP contribution in [0.25, 0.3) is 22.2 Å². The van der Waals surface area contributed by atoms with Crippen molar-refractivity contribution in [1.82, 2.24) is 35.5 Å². The van der Waals surface area contributed by atoms with Crippen LogP contribution in [0.4, 0.5) is 0 Å². The van der Waals surface area contributed by atoms with Crippen molar-refractivity contribution in [2.75, 3.05) is 5.75 Å². The Bertz CT molecular complexity index is 2060. The highest BCUT2D eigenvalue weighted by Crippen LogP contribution is 2.43. The number of hydrogen-bond donors (Lipinski definition) is 2. The molecule has 1 saturated heterocycles. The quantitative estimate of drug-likeness (QED) is 0.171. The number of aromatic nitrogens is 6. The lowest BCUT2D eigenvalue weighted by Gasteiger charge is -2.41. The minimum atomic E-state index is -0.587. The van der Waals surface area contributed by atoms with Gasteiger partial charge in [-0.2, -0.15) is 0 Å². The first kappa shape index (κ1) is 32.5. The summed E-state index contributed by atoms with van der Waals surface area (Å²) in [7, 11) is 1.82. The molecule has 12 heteroatoms. The lowest BCUT2D eigenvalue weighted by molar-refractivity contribution is -0.268. The second-order valence-electron chi connectivity index (χ2n) is 12.0. The number of tetrazole rings is 1. The predicted molar refractivity (Wildman–Crippen MR) is 185 cm³/mol. The van der Waals surface area contributed by atoms with Gasteiger partial charge in [0.15, 0.2) is 6.29 Å². The molecule has 0 bridgehead atoms. The van der Waals surface area contributed by atoms with Crippen LogP contribution in [0.1, 0.15) is 52.1 Å². The normalized spacial score (nSPS) is 19.2. The number of thioether (sulfide) groups is 1. The van der Waals surface area contributed by atoms with Gasteiger partial charge in [-0.1, -0.05) is 97.5 Å². The van der Waals surface area contributed by atoms with Gasteiger partial charge in [0.1, 0.15) is 5.69 Å². The molecule has 11 nitrogen and oxygen atoms in total. The molecule has 0 radical (unpaired) electrons. The zero-order chi connectivity index (χ0) is 33.7. The second-order valence-corrected chi connectivity index (χ2v) is 13.0. The van der Waals surface area contributed by atoms with E-state index in [1.807, 2.05) is 85.9 Å². The molecular weight excluding hydrogens is 639 g/mol. The molecule has 0 spiro atoms. The van der Waals surface area contributed by atoms with Crippen molar-refractivity contribution in [3.63, 3.8) is 0 Å². The highest BCUT2D eigenvalue weighted by molar-refractivity contribution is 7.99. The molecule has 6 aromatic rings. The Balaban J connectivity index is 1.05. The van der Waals surface area contributed by atoms with Crippen LogP contribution in [-0.2, 0) is 29.7 Å². The van der Waals surface area contributed by atoms with E-state index in [9.17, 15) is 9.90 Å². The number of amides is 1. The van der Waals surface area contributed by atoms with Crippen molar-refractivity contribution in [2.45, 2.75) is 43.7 Å². The van der Waals surface area contributed by atoms with E-state index in [2.05, 4.69) is 55.9 Å². The lowest BCUT2D eigenvalue weighted by atomic mass is 9.91. The maximum Gasteiger partial charge on any atom is 0.271 e. The summed E-state index contributed by atoms with van der Waals surface area (Å²) in [5.74, 6) is 0.415. The van der Waals surface area contributed by atoms with E-state index in [1.165, 1.54) is 6.20 Å². The molecule has 1 aliphatic rings. The monoisotopic (exact) mass is 673 g/mol. The zero-order valence-corrected chi connectivity index (χ0v) is 27.8. The Labute approximate surface area is 287 Å². The van der Waals surface area contributed by atoms with Crippen molar-refractivity contribution >= 4 is 28.7 Å². The number of aryl methyl sites for hydroxylation is 1. The van der Waals surface area contributed by atoms with Gasteiger partial charge in [-0.15, -0.1) is 5.10 Å². The topological polar surface area (TPSA) is 137 Å². The smallest absolute Gasteiger partial charge is 0.271 e. The molecule has 2 N–H and O–H groups in total. The molecule has 3 heterocycles. The van der Waals surface area contributed by atoms with Crippen LogP contribution in [0.3, 0.4) is 0 Å². The molecule has 4 aromatic carbocycles. The highest BCUT2D eigenvalue weighted by Gasteiger charge is 2.38. The lowest BCUT2D eigenvalue weighted by Crippen LogP contribution is -2.38. The fraction of sp³-hybridized carbons (Fsp3) is 0.243. The van der Waals surface area contributed by atoms with E-state index in [0.29, 0.717) is 17.8 Å². The van der Waals surface area contributed by atoms with E-state index >= 15 is 0 Å². The molecule has 1 fully saturated rings. The second kappa shape index (κ2) is 14.6. The zero-order valence-electron chi connectivity index (χ0n) is 27.0. The Hall–Kier alpha value is -5.01. The molecule has 0 unspecified atom stereocenters. The van der Waals surface area contributed by atoms with E-state index in [4.69, 9.17) is 9.47 Å². The fourth-order valence-corrected chi connectivity index (χ4v) is 6.86. The summed E-state index contributed by atoms with van der Waals surface area (Å²) in [6.45, 7) is 2.48. The maximum absolute atomic E-state index is 12.8. The Morgan fingerprint density at radius 2 is 1.67 bits per heavy atom. The van der Waals surface area contributed by atoms with Crippen LogP contribution in [0.5, 0.6) is 0 Å². The van der Waals surface area contributed by atoms with Crippen molar-refractivity contribution < 1.29 is 19.4 Å². The minimum Gasteiger partial charge on any atom is -0.392 e. The first-order valence-electron chi connectivity index (χ1n) is 16.0. The van der Waals surface area contributed by atoms with Crippen LogP contribution < -0.4 is 5.32 Å². The molecule has 7 rings (SSSR count). The van der Waals surface area contributed by atoms with Crippen LogP contribution in [0.15, 0.2) is 108 Å². The minimum absolute atomic E-state index is 0.0114. The summed E-state index contributed by atoms with van der Waals surface area (Å²) >= 11 is 1.55. The largest absolute Gasteiger partial charge is 0.392 e. The van der Waals surface area contributed by atoms with Gasteiger partial charge in [-0.25, -0.2) is 9.67 Å². The number of ether oxygens (including phenoxy) is 2. The predicted octanol–water partition coefficient (Wildman–Crippen LogP) is 5.83. The molecule has 49 heavy (non-hydrogen) atoms. The first-order valence-corrected chi connectivity index (χ1v) is 17.0. The Morgan fingerprint density at radius 1 is 0.898 bits per heavy atom. The van der Waals surface area contributed by atoms with Crippen LogP contribution in [0, 0.1) is 5.92 Å². The van der Waals surface area contributed by atoms with Gasteiger partial charge in [0.05, 0.1) is 36.0 Å². The Kier molecular flexibility index (Phi) is 9.71. The molecule has 0 saturated carbocycles. The summed E-state index contributed by atoms with van der Waals surface area (Å²) in [6, 6.07) is 31.6. The number of rotatable bonds is 10. The first-order chi connectivity index (χ1) is 23.9. The summed E-state index contributed by atoms with van der Waals surface area (Å²) in [5, 5.41) is 25.1. The van der Waals surface area contributed by atoms with Gasteiger partial charge in [0, 0.05) is 30.8 Å². The fourth-order valence-electron chi connectivity index (χ4n) is 5.84. The third-order valence-corrected chi connectivity index (χ3v) is 9.76. The maximum atomic E-state index is 12.8. The third kappa shape index (κ3) is 7.37. The van der Waals surface area contributed by atoms with Crippen LogP contribution in [-0.4, -0.2) is 53.0 Å². The van der Waals surface area contributed by atoms with Crippen molar-refractivity contribution in [2.24, 2.45) is 13.0 Å². The number of nitrogens with one attached hydrogen (secondary N) is 1. The SMILES string of the molecule is C[C@@H]1[C@H](CSc2nnnn2C)O[C@H](c2ccc(-c3cccc(CNC(=O)c4cnc5ccccc5n4)c3)cc2)O[C@@H]1c1ccc(CO)cc1. The average molecular weight is 674 g/mol. The molecule has 1 aliphatic heterocycles. The van der Waals surface area contributed by atoms with Gasteiger partial charge in [-0.3, -0.25) is 9.78 Å². The van der Waals surface area contributed by atoms with Gasteiger partial charge in [0.25, 0.3) is 5.91 Å². The number of carbonyl (C=O) groups is 1. The molecular formula is C37H35N7O4S. The molecule has 0 aliphatic carbocycles. The van der Waals surface area contributed by atoms with E-state index in [0.717, 1.165) is 44.1 Å². The van der Waals surface area contributed by atoms with Crippen LogP contribution >= 0.6 is 11.8 Å². The van der Waals surface area contributed by atoms with Crippen LogP contribution in [0.2, 0.25) is 0 Å². The Morgan fingerprint density at radius 3 is 2.43 bits per heavy atom. The number of fused-ring (bicyclic) bond motifs is 1. The molecule has 248 valence electrons. The van der Waals surface area contributed by atoms with Crippen molar-refractivity contribution in [1.29, 1.82) is 0 Å². The molecule has 2 aromatic heterocycles. The van der Waals surface area contributed by atoms with Gasteiger partial charge < -0.3 is 19.9 Å². The van der Waals surface area contributed by atoms with E-state index < -0.39 is 6.29 Å². The van der Waals surface area contributed by atoms with Gasteiger partial charge in [0.2, 0.25) is 5.16 Å². The molecule has 4 atom stereocenters. The average Bonchev–Trinajstić information content (AvgIpc) is 3.57. The summed E-state index contributed by atoms with van der Waals surface area (Å²) in [6.07, 6.45) is 0.550. The van der Waals surface area contributed by atoms with Gasteiger partial charge >= 0.3 is 0 Å². The third-order valence-electron chi connectivity index (χ3n) is 8.66. The van der Waals surface area contributed by atoms with E-state index in [-0.39, 0.29) is 36.3 Å². The highest BCUT2D eigenvalue weighted by atomic mass is 32.2. The number of benzene rings is 4. The van der Waals surface area contributed by atoms with Crippen molar-refractivity contribution in [3.05, 3.63) is 131 Å². The number of nitrogens with zero attached hydrogens (tertiary/aromatic N) is 6. The number of aliphatic hydroxyl groups is 1.